The number of amides is 1. The highest BCUT2D eigenvalue weighted by Gasteiger charge is 2.30. The van der Waals surface area contributed by atoms with E-state index in [1.165, 1.54) is 50.3 Å². The van der Waals surface area contributed by atoms with Crippen molar-refractivity contribution in [3.63, 3.8) is 0 Å². The van der Waals surface area contributed by atoms with Crippen LogP contribution in [0.15, 0.2) is 54.1 Å². The summed E-state index contributed by atoms with van der Waals surface area (Å²) in [4.78, 5) is 15.8. The minimum Gasteiger partial charge on any atom is -0.489 e. The van der Waals surface area contributed by atoms with Crippen molar-refractivity contribution in [1.29, 1.82) is 0 Å². The molecule has 2 aromatic rings. The number of benzene rings is 2. The van der Waals surface area contributed by atoms with Gasteiger partial charge in [0.25, 0.3) is 5.91 Å². The first-order valence-electron chi connectivity index (χ1n) is 13.1. The van der Waals surface area contributed by atoms with Gasteiger partial charge in [-0.2, -0.15) is 0 Å². The van der Waals surface area contributed by atoms with E-state index in [1.54, 1.807) is 0 Å². The van der Waals surface area contributed by atoms with E-state index < -0.39 is 0 Å². The number of nitrogens with zero attached hydrogens (tertiary/aromatic N) is 1. The summed E-state index contributed by atoms with van der Waals surface area (Å²) < 4.78 is 6.10. The molecule has 2 aliphatic rings. The molecule has 1 aliphatic carbocycles. The van der Waals surface area contributed by atoms with E-state index in [0.717, 1.165) is 55.1 Å². The molecule has 4 rings (SSSR count). The first-order valence-corrected chi connectivity index (χ1v) is 13.1. The van der Waals surface area contributed by atoms with E-state index in [4.69, 9.17) is 4.74 Å². The van der Waals surface area contributed by atoms with Crippen LogP contribution >= 0.6 is 0 Å². The van der Waals surface area contributed by atoms with Gasteiger partial charge in [0, 0.05) is 25.2 Å². The molecule has 178 valence electrons. The molecular formula is C29H40N2O2. The molecule has 4 heteroatoms. The molecule has 1 saturated carbocycles. The Labute approximate surface area is 199 Å². The van der Waals surface area contributed by atoms with E-state index >= 15 is 0 Å². The maximum absolute atomic E-state index is 13.2. The second kappa shape index (κ2) is 12.2. The van der Waals surface area contributed by atoms with Crippen LogP contribution in [0.25, 0.3) is 10.8 Å². The van der Waals surface area contributed by atoms with Crippen molar-refractivity contribution in [3.05, 3.63) is 54.1 Å². The summed E-state index contributed by atoms with van der Waals surface area (Å²) in [5.41, 5.74) is 0.760. The van der Waals surface area contributed by atoms with Gasteiger partial charge in [-0.3, -0.25) is 9.69 Å². The Kier molecular flexibility index (Phi) is 8.82. The summed E-state index contributed by atoms with van der Waals surface area (Å²) >= 11 is 0. The molecule has 1 atom stereocenters. The first-order chi connectivity index (χ1) is 16.2. The highest BCUT2D eigenvalue weighted by atomic mass is 16.5. The van der Waals surface area contributed by atoms with Gasteiger partial charge >= 0.3 is 0 Å². The van der Waals surface area contributed by atoms with E-state index in [1.807, 2.05) is 18.2 Å². The van der Waals surface area contributed by atoms with Crippen LogP contribution in [0, 0.1) is 0 Å². The predicted molar refractivity (Wildman–Crippen MR) is 137 cm³/mol. The van der Waals surface area contributed by atoms with E-state index in [2.05, 4.69) is 47.5 Å². The van der Waals surface area contributed by atoms with Gasteiger partial charge in [-0.15, -0.1) is 0 Å². The summed E-state index contributed by atoms with van der Waals surface area (Å²) in [5.74, 6) is 0.855. The highest BCUT2D eigenvalue weighted by Crippen LogP contribution is 2.26. The Bertz CT molecular complexity index is 932. The molecule has 2 fully saturated rings. The topological polar surface area (TPSA) is 41.6 Å². The van der Waals surface area contributed by atoms with Crippen LogP contribution in [-0.4, -0.2) is 42.6 Å². The van der Waals surface area contributed by atoms with Gasteiger partial charge in [0.15, 0.2) is 0 Å². The molecule has 2 aromatic carbocycles. The third-order valence-electron chi connectivity index (χ3n) is 7.25. The van der Waals surface area contributed by atoms with Crippen molar-refractivity contribution in [2.24, 2.45) is 0 Å². The number of nitrogens with one attached hydrogen (secondary N) is 1. The van der Waals surface area contributed by atoms with E-state index in [9.17, 15) is 4.79 Å². The molecular weight excluding hydrogens is 408 g/mol. The maximum atomic E-state index is 13.2. The molecule has 1 saturated heterocycles. The fourth-order valence-electron chi connectivity index (χ4n) is 5.27. The zero-order chi connectivity index (χ0) is 22.9. The Morgan fingerprint density at radius 3 is 2.70 bits per heavy atom. The zero-order valence-corrected chi connectivity index (χ0v) is 20.2. The third kappa shape index (κ3) is 6.83. The molecule has 4 nitrogen and oxygen atoms in total. The lowest BCUT2D eigenvalue weighted by Gasteiger charge is -2.31. The number of carbonyl (C=O) groups is 1. The molecule has 0 spiro atoms. The van der Waals surface area contributed by atoms with Gasteiger partial charge in [-0.25, -0.2) is 0 Å². The van der Waals surface area contributed by atoms with Gasteiger partial charge < -0.3 is 10.1 Å². The van der Waals surface area contributed by atoms with Gasteiger partial charge in [-0.05, 0) is 55.0 Å². The largest absolute Gasteiger partial charge is 0.489 e. The van der Waals surface area contributed by atoms with Crippen molar-refractivity contribution < 1.29 is 9.53 Å². The minimum atomic E-state index is 0.0442. The monoisotopic (exact) mass is 448 g/mol. The molecule has 0 bridgehead atoms. The summed E-state index contributed by atoms with van der Waals surface area (Å²) in [6, 6.07) is 15.4. The number of allylic oxidation sites excluding steroid dienone is 1. The average Bonchev–Trinajstić information content (AvgIpc) is 3.32. The molecule has 1 unspecified atom stereocenters. The van der Waals surface area contributed by atoms with Gasteiger partial charge in [-0.1, -0.05) is 75.4 Å². The van der Waals surface area contributed by atoms with Crippen LogP contribution in [0.4, 0.5) is 0 Å². The van der Waals surface area contributed by atoms with Crippen LogP contribution in [0.1, 0.15) is 71.1 Å². The Morgan fingerprint density at radius 2 is 1.88 bits per heavy atom. The minimum absolute atomic E-state index is 0.0442. The molecule has 0 radical (unpaired) electrons. The Morgan fingerprint density at radius 1 is 1.06 bits per heavy atom. The Hall–Kier alpha value is -2.33. The Balaban J connectivity index is 1.35. The second-order valence-electron chi connectivity index (χ2n) is 9.77. The number of unbranched alkanes of at least 4 members (excludes halogenated alkanes) is 3. The quantitative estimate of drug-likeness (QED) is 0.345. The summed E-state index contributed by atoms with van der Waals surface area (Å²) in [6.45, 7) is 4.62. The lowest BCUT2D eigenvalue weighted by molar-refractivity contribution is -0.118. The number of fused-ring (bicyclic) bond motifs is 1. The second-order valence-corrected chi connectivity index (χ2v) is 9.77. The standard InChI is InChI=1S/C29H40N2O2/c1-2-3-4-6-13-25(22-33-28-17-16-23-11-9-10-12-24(23)20-28)29(32)30-26-18-19-31(21-26)27-14-7-5-8-15-27/h9-13,16-17,20,26-27H,2-8,14-15,18-19,21-22H2,1H3,(H,30,32)/b25-13+. The van der Waals surface area contributed by atoms with Crippen molar-refractivity contribution in [1.82, 2.24) is 10.2 Å². The molecule has 1 heterocycles. The normalized spacial score (nSPS) is 20.3. The van der Waals surface area contributed by atoms with E-state index in [0.29, 0.717) is 6.61 Å². The van der Waals surface area contributed by atoms with Crippen LogP contribution in [-0.2, 0) is 4.79 Å². The number of hydrogen-bond acceptors (Lipinski definition) is 3. The molecule has 1 N–H and O–H groups in total. The average molecular weight is 449 g/mol. The van der Waals surface area contributed by atoms with Crippen LogP contribution in [0.3, 0.4) is 0 Å². The smallest absolute Gasteiger partial charge is 0.250 e. The first kappa shape index (κ1) is 23.8. The fraction of sp³-hybridized carbons (Fsp3) is 0.552. The zero-order valence-electron chi connectivity index (χ0n) is 20.2. The maximum Gasteiger partial charge on any atom is 0.250 e. The van der Waals surface area contributed by atoms with Crippen molar-refractivity contribution in [2.75, 3.05) is 19.7 Å². The number of hydrogen-bond donors (Lipinski definition) is 1. The van der Waals surface area contributed by atoms with Crippen LogP contribution in [0.2, 0.25) is 0 Å². The van der Waals surface area contributed by atoms with Crippen LogP contribution in [0.5, 0.6) is 5.75 Å². The highest BCUT2D eigenvalue weighted by molar-refractivity contribution is 5.94. The van der Waals surface area contributed by atoms with Gasteiger partial charge in [0.05, 0.1) is 5.57 Å². The van der Waals surface area contributed by atoms with Crippen molar-refractivity contribution in [3.8, 4) is 5.75 Å². The fourth-order valence-corrected chi connectivity index (χ4v) is 5.27. The predicted octanol–water partition coefficient (Wildman–Crippen LogP) is 6.25. The van der Waals surface area contributed by atoms with Gasteiger partial charge in [0.1, 0.15) is 12.4 Å². The van der Waals surface area contributed by atoms with Crippen molar-refractivity contribution in [2.45, 2.75) is 83.2 Å². The summed E-state index contributed by atoms with van der Waals surface area (Å²) in [7, 11) is 0. The summed E-state index contributed by atoms with van der Waals surface area (Å²) in [5, 5.41) is 5.68. The third-order valence-corrected chi connectivity index (χ3v) is 7.25. The lowest BCUT2D eigenvalue weighted by atomic mass is 9.94. The van der Waals surface area contributed by atoms with E-state index in [-0.39, 0.29) is 11.9 Å². The number of likely N-dealkylation sites (tertiary alicyclic amines) is 1. The number of carbonyl (C=O) groups excluding carboxylic acids is 1. The number of rotatable bonds is 10. The lowest BCUT2D eigenvalue weighted by Crippen LogP contribution is -2.41. The van der Waals surface area contributed by atoms with Crippen LogP contribution < -0.4 is 10.1 Å². The van der Waals surface area contributed by atoms with Gasteiger partial charge in [0.2, 0.25) is 0 Å². The van der Waals surface area contributed by atoms with Crippen molar-refractivity contribution >= 4 is 16.7 Å². The summed E-state index contributed by atoms with van der Waals surface area (Å²) in [6.07, 6.45) is 14.3. The molecule has 1 aliphatic heterocycles. The molecule has 1 amide bonds. The number of ether oxygens (including phenoxy) is 1. The SMILES string of the molecule is CCCCC/C=C(\COc1ccc2ccccc2c1)C(=O)NC1CCN(C2CCCCC2)C1. The molecule has 33 heavy (non-hydrogen) atoms. The molecule has 0 aromatic heterocycles.